The molecule has 100 valence electrons. The molecule has 4 heteroatoms. The van der Waals surface area contributed by atoms with Gasteiger partial charge in [0.05, 0.1) is 5.60 Å². The van der Waals surface area contributed by atoms with Crippen molar-refractivity contribution in [3.05, 3.63) is 24.0 Å². The minimum absolute atomic E-state index is 0.356. The van der Waals surface area contributed by atoms with Gasteiger partial charge in [0.2, 0.25) is 0 Å². The number of aliphatic hydroxyl groups is 1. The molecule has 1 aromatic rings. The second kappa shape index (κ2) is 5.57. The van der Waals surface area contributed by atoms with Crippen molar-refractivity contribution in [2.75, 3.05) is 17.6 Å². The van der Waals surface area contributed by atoms with Crippen LogP contribution in [0, 0.1) is 5.82 Å². The molecule has 0 spiro atoms. The minimum atomic E-state index is -0.669. The van der Waals surface area contributed by atoms with Crippen LogP contribution in [0.4, 0.5) is 15.8 Å². The molecule has 0 atom stereocenters. The first-order valence-corrected chi connectivity index (χ1v) is 6.60. The fraction of sp³-hybridized carbons (Fsp3) is 0.571. The van der Waals surface area contributed by atoms with Gasteiger partial charge < -0.3 is 16.2 Å². The second-order valence-corrected chi connectivity index (χ2v) is 5.27. The summed E-state index contributed by atoms with van der Waals surface area (Å²) in [6, 6.07) is 4.37. The van der Waals surface area contributed by atoms with E-state index < -0.39 is 5.60 Å². The summed E-state index contributed by atoms with van der Waals surface area (Å²) in [5, 5.41) is 13.6. The maximum Gasteiger partial charge on any atom is 0.127 e. The SMILES string of the molecule is Nc1cc(F)cc(NCC2(O)CCCCCC2)c1. The summed E-state index contributed by atoms with van der Waals surface area (Å²) in [4.78, 5) is 0. The van der Waals surface area contributed by atoms with Gasteiger partial charge in [-0.25, -0.2) is 4.39 Å². The largest absolute Gasteiger partial charge is 0.399 e. The van der Waals surface area contributed by atoms with Crippen molar-refractivity contribution in [1.82, 2.24) is 0 Å². The number of nitrogens with two attached hydrogens (primary N) is 1. The van der Waals surface area contributed by atoms with E-state index in [1.807, 2.05) is 0 Å². The van der Waals surface area contributed by atoms with Gasteiger partial charge in [-0.05, 0) is 31.0 Å². The third-order valence-electron chi connectivity index (χ3n) is 3.58. The van der Waals surface area contributed by atoms with Gasteiger partial charge in [0.1, 0.15) is 5.82 Å². The first kappa shape index (κ1) is 13.1. The molecule has 1 fully saturated rings. The highest BCUT2D eigenvalue weighted by Crippen LogP contribution is 2.27. The highest BCUT2D eigenvalue weighted by atomic mass is 19.1. The summed E-state index contributed by atoms with van der Waals surface area (Å²) in [6.07, 6.45) is 6.12. The Hall–Kier alpha value is -1.29. The Kier molecular flexibility index (Phi) is 4.07. The number of anilines is 2. The van der Waals surface area contributed by atoms with Crippen molar-refractivity contribution >= 4 is 11.4 Å². The quantitative estimate of drug-likeness (QED) is 0.572. The zero-order chi connectivity index (χ0) is 13.0. The van der Waals surface area contributed by atoms with E-state index in [1.54, 1.807) is 6.07 Å². The van der Waals surface area contributed by atoms with E-state index in [9.17, 15) is 9.50 Å². The Morgan fingerprint density at radius 1 is 1.17 bits per heavy atom. The van der Waals surface area contributed by atoms with Crippen LogP contribution in [-0.2, 0) is 0 Å². The molecule has 0 radical (unpaired) electrons. The van der Waals surface area contributed by atoms with Crippen LogP contribution in [0.1, 0.15) is 38.5 Å². The van der Waals surface area contributed by atoms with Gasteiger partial charge in [-0.15, -0.1) is 0 Å². The Labute approximate surface area is 107 Å². The Morgan fingerprint density at radius 2 is 1.83 bits per heavy atom. The second-order valence-electron chi connectivity index (χ2n) is 5.27. The molecule has 1 aromatic carbocycles. The smallest absolute Gasteiger partial charge is 0.127 e. The highest BCUT2D eigenvalue weighted by molar-refractivity contribution is 5.54. The van der Waals surface area contributed by atoms with Crippen molar-refractivity contribution in [1.29, 1.82) is 0 Å². The fourth-order valence-electron chi connectivity index (χ4n) is 2.54. The Bertz CT molecular complexity index is 381. The van der Waals surface area contributed by atoms with E-state index >= 15 is 0 Å². The molecule has 1 aliphatic rings. The summed E-state index contributed by atoms with van der Waals surface area (Å²) in [5.41, 5.74) is 5.94. The van der Waals surface area contributed by atoms with Crippen LogP contribution in [0.3, 0.4) is 0 Å². The standard InChI is InChI=1S/C14H21FN2O/c15-11-7-12(16)9-13(8-11)17-10-14(18)5-3-1-2-4-6-14/h7-9,17-18H,1-6,10,16H2. The molecule has 0 heterocycles. The number of hydrogen-bond acceptors (Lipinski definition) is 3. The minimum Gasteiger partial charge on any atom is -0.399 e. The molecule has 0 aliphatic heterocycles. The van der Waals surface area contributed by atoms with Gasteiger partial charge >= 0.3 is 0 Å². The van der Waals surface area contributed by atoms with E-state index in [2.05, 4.69) is 5.32 Å². The van der Waals surface area contributed by atoms with Crippen LogP contribution in [0.15, 0.2) is 18.2 Å². The molecule has 1 aliphatic carbocycles. The number of halogens is 1. The third-order valence-corrected chi connectivity index (χ3v) is 3.58. The molecule has 1 saturated carbocycles. The Balaban J connectivity index is 1.97. The lowest BCUT2D eigenvalue weighted by Gasteiger charge is -2.27. The zero-order valence-electron chi connectivity index (χ0n) is 10.6. The van der Waals surface area contributed by atoms with Crippen molar-refractivity contribution in [3.63, 3.8) is 0 Å². The molecule has 2 rings (SSSR count). The van der Waals surface area contributed by atoms with Gasteiger partial charge in [0.15, 0.2) is 0 Å². The van der Waals surface area contributed by atoms with Crippen LogP contribution in [-0.4, -0.2) is 17.3 Å². The maximum atomic E-state index is 13.2. The lowest BCUT2D eigenvalue weighted by atomic mass is 9.94. The van der Waals surface area contributed by atoms with Gasteiger partial charge in [-0.3, -0.25) is 0 Å². The van der Waals surface area contributed by atoms with Crippen molar-refractivity contribution in [2.24, 2.45) is 0 Å². The van der Waals surface area contributed by atoms with Crippen LogP contribution < -0.4 is 11.1 Å². The van der Waals surface area contributed by atoms with Crippen molar-refractivity contribution in [3.8, 4) is 0 Å². The van der Waals surface area contributed by atoms with Crippen LogP contribution in [0.25, 0.3) is 0 Å². The monoisotopic (exact) mass is 252 g/mol. The lowest BCUT2D eigenvalue weighted by Crippen LogP contribution is -2.36. The highest BCUT2D eigenvalue weighted by Gasteiger charge is 2.27. The predicted molar refractivity (Wildman–Crippen MR) is 72.0 cm³/mol. The number of nitrogen functional groups attached to an aromatic ring is 1. The number of rotatable bonds is 3. The lowest BCUT2D eigenvalue weighted by molar-refractivity contribution is 0.0381. The summed E-state index contributed by atoms with van der Waals surface area (Å²) < 4.78 is 13.2. The first-order chi connectivity index (χ1) is 8.57. The van der Waals surface area contributed by atoms with E-state index in [0.29, 0.717) is 17.9 Å². The van der Waals surface area contributed by atoms with Crippen LogP contribution in [0.5, 0.6) is 0 Å². The molecule has 0 aromatic heterocycles. The van der Waals surface area contributed by atoms with Gasteiger partial charge in [-0.2, -0.15) is 0 Å². The molecule has 4 N–H and O–H groups in total. The zero-order valence-corrected chi connectivity index (χ0v) is 10.6. The van der Waals surface area contributed by atoms with Crippen molar-refractivity contribution < 1.29 is 9.50 Å². The Morgan fingerprint density at radius 3 is 2.44 bits per heavy atom. The molecule has 0 bridgehead atoms. The van der Waals surface area contributed by atoms with Gasteiger partial charge in [0, 0.05) is 17.9 Å². The summed E-state index contributed by atoms with van der Waals surface area (Å²) in [7, 11) is 0. The maximum absolute atomic E-state index is 13.2. The fourth-order valence-corrected chi connectivity index (χ4v) is 2.54. The third kappa shape index (κ3) is 3.60. The molecule has 0 unspecified atom stereocenters. The average Bonchev–Trinajstić information content (AvgIpc) is 2.51. The topological polar surface area (TPSA) is 58.3 Å². The molecular formula is C14H21FN2O. The number of hydrogen-bond donors (Lipinski definition) is 3. The van der Waals surface area contributed by atoms with Gasteiger partial charge in [0.25, 0.3) is 0 Å². The van der Waals surface area contributed by atoms with Crippen LogP contribution in [0.2, 0.25) is 0 Å². The number of benzene rings is 1. The van der Waals surface area contributed by atoms with Gasteiger partial charge in [-0.1, -0.05) is 25.7 Å². The van der Waals surface area contributed by atoms with E-state index in [1.165, 1.54) is 25.0 Å². The molecular weight excluding hydrogens is 231 g/mol. The summed E-state index contributed by atoms with van der Waals surface area (Å²) in [6.45, 7) is 0.454. The summed E-state index contributed by atoms with van der Waals surface area (Å²) >= 11 is 0. The van der Waals surface area contributed by atoms with E-state index in [4.69, 9.17) is 5.73 Å². The summed E-state index contributed by atoms with van der Waals surface area (Å²) in [5.74, 6) is -0.356. The molecule has 18 heavy (non-hydrogen) atoms. The average molecular weight is 252 g/mol. The van der Waals surface area contributed by atoms with E-state index in [-0.39, 0.29) is 5.82 Å². The van der Waals surface area contributed by atoms with Crippen molar-refractivity contribution in [2.45, 2.75) is 44.1 Å². The molecule has 3 nitrogen and oxygen atoms in total. The predicted octanol–water partition coefficient (Wildman–Crippen LogP) is 2.91. The molecule has 0 amide bonds. The molecule has 0 saturated heterocycles. The van der Waals surface area contributed by atoms with Crippen LogP contribution >= 0.6 is 0 Å². The first-order valence-electron chi connectivity index (χ1n) is 6.60. The van der Waals surface area contributed by atoms with E-state index in [0.717, 1.165) is 25.7 Å². The normalized spacial score (nSPS) is 19.2. The number of nitrogens with one attached hydrogen (secondary N) is 1.